The van der Waals surface area contributed by atoms with Crippen LogP contribution in [0.2, 0.25) is 0 Å². The molecule has 1 aliphatic heterocycles. The highest BCUT2D eigenvalue weighted by Crippen LogP contribution is 2.38. The van der Waals surface area contributed by atoms with Crippen molar-refractivity contribution >= 4 is 17.4 Å². The van der Waals surface area contributed by atoms with E-state index < -0.39 is 17.7 Å². The van der Waals surface area contributed by atoms with Crippen LogP contribution < -0.4 is 4.74 Å². The third-order valence-electron chi connectivity index (χ3n) is 5.11. The van der Waals surface area contributed by atoms with Crippen LogP contribution in [0.1, 0.15) is 36.7 Å². The van der Waals surface area contributed by atoms with Crippen LogP contribution in [0.3, 0.4) is 0 Å². The molecule has 1 N–H and O–H groups in total. The number of hydrogen-bond donors (Lipinski definition) is 1. The monoisotopic (exact) mass is 423 g/mol. The third-order valence-corrected chi connectivity index (χ3v) is 5.11. The van der Waals surface area contributed by atoms with Gasteiger partial charge in [-0.05, 0) is 70.8 Å². The molecule has 1 saturated heterocycles. The molecule has 1 fully saturated rings. The Morgan fingerprint density at radius 3 is 2.55 bits per heavy atom. The number of hydrogen-bond acceptors (Lipinski definition) is 6. The summed E-state index contributed by atoms with van der Waals surface area (Å²) in [4.78, 5) is 33.6. The lowest BCUT2D eigenvalue weighted by Crippen LogP contribution is -2.35. The number of ketones is 1. The van der Waals surface area contributed by atoms with E-state index in [1.165, 1.54) is 4.90 Å². The summed E-state index contributed by atoms with van der Waals surface area (Å²) < 4.78 is 5.76. The van der Waals surface area contributed by atoms with E-state index in [4.69, 9.17) is 4.74 Å². The Morgan fingerprint density at radius 2 is 1.97 bits per heavy atom. The molecular weight excluding hydrogens is 394 g/mol. The molecule has 3 rings (SSSR count). The van der Waals surface area contributed by atoms with Crippen molar-refractivity contribution in [3.05, 3.63) is 65.0 Å². The number of ether oxygens (including phenoxy) is 1. The third kappa shape index (κ3) is 4.77. The molecule has 31 heavy (non-hydrogen) atoms. The van der Waals surface area contributed by atoms with Gasteiger partial charge < -0.3 is 19.6 Å². The van der Waals surface area contributed by atoms with Crippen molar-refractivity contribution < 1.29 is 19.4 Å². The number of rotatable bonds is 7. The molecule has 1 amide bonds. The molecule has 2 aromatic rings. The van der Waals surface area contributed by atoms with Gasteiger partial charge >= 0.3 is 0 Å². The molecule has 1 aromatic heterocycles. The lowest BCUT2D eigenvalue weighted by atomic mass is 9.97. The van der Waals surface area contributed by atoms with Crippen LogP contribution in [-0.2, 0) is 9.59 Å². The molecule has 1 aromatic carbocycles. The largest absolute Gasteiger partial charge is 0.507 e. The summed E-state index contributed by atoms with van der Waals surface area (Å²) in [6.07, 6.45) is 1.63. The molecular formula is C24H29N3O4. The van der Waals surface area contributed by atoms with E-state index in [-0.39, 0.29) is 17.4 Å². The average molecular weight is 424 g/mol. The van der Waals surface area contributed by atoms with E-state index in [0.717, 1.165) is 5.56 Å². The van der Waals surface area contributed by atoms with Crippen molar-refractivity contribution in [3.63, 3.8) is 0 Å². The number of aliphatic hydroxyl groups is 1. The number of benzene rings is 1. The van der Waals surface area contributed by atoms with E-state index in [0.29, 0.717) is 30.1 Å². The number of nitrogens with zero attached hydrogens (tertiary/aromatic N) is 3. The SMILES string of the molecule is Cc1cc(/C(O)=C2/C(=O)C(=O)N(CCN(C)C)C2c2ccccn2)ccc1OC(C)C. The van der Waals surface area contributed by atoms with Crippen LogP contribution in [0.15, 0.2) is 48.2 Å². The summed E-state index contributed by atoms with van der Waals surface area (Å²) in [6, 6.07) is 9.81. The second-order valence-electron chi connectivity index (χ2n) is 8.20. The molecule has 0 bridgehead atoms. The Kier molecular flexibility index (Phi) is 6.75. The molecule has 164 valence electrons. The normalized spacial score (nSPS) is 18.3. The van der Waals surface area contributed by atoms with Crippen molar-refractivity contribution in [2.75, 3.05) is 27.2 Å². The number of amides is 1. The minimum atomic E-state index is -0.743. The van der Waals surface area contributed by atoms with Crippen molar-refractivity contribution in [3.8, 4) is 5.75 Å². The second kappa shape index (κ2) is 9.31. The summed E-state index contributed by atoms with van der Waals surface area (Å²) in [5.41, 5.74) is 1.88. The molecule has 1 unspecified atom stereocenters. The number of carbonyl (C=O) groups is 2. The number of aliphatic hydroxyl groups excluding tert-OH is 1. The zero-order valence-electron chi connectivity index (χ0n) is 18.6. The van der Waals surface area contributed by atoms with E-state index in [1.54, 1.807) is 42.6 Å². The fourth-order valence-electron chi connectivity index (χ4n) is 3.60. The van der Waals surface area contributed by atoms with E-state index in [9.17, 15) is 14.7 Å². The smallest absolute Gasteiger partial charge is 0.295 e. The van der Waals surface area contributed by atoms with E-state index in [1.807, 2.05) is 39.8 Å². The molecule has 0 saturated carbocycles. The van der Waals surface area contributed by atoms with E-state index in [2.05, 4.69) is 4.98 Å². The number of likely N-dealkylation sites (N-methyl/N-ethyl adjacent to an activating group) is 1. The number of aryl methyl sites for hydroxylation is 1. The maximum Gasteiger partial charge on any atom is 0.295 e. The first-order valence-electron chi connectivity index (χ1n) is 10.3. The van der Waals surface area contributed by atoms with Gasteiger partial charge in [0.25, 0.3) is 11.7 Å². The number of pyridine rings is 1. The lowest BCUT2D eigenvalue weighted by molar-refractivity contribution is -0.140. The predicted molar refractivity (Wildman–Crippen MR) is 119 cm³/mol. The van der Waals surface area contributed by atoms with Crippen molar-refractivity contribution in [1.82, 2.24) is 14.8 Å². The molecule has 0 aliphatic carbocycles. The highest BCUT2D eigenvalue weighted by molar-refractivity contribution is 6.46. The van der Waals surface area contributed by atoms with Gasteiger partial charge in [0.05, 0.1) is 17.4 Å². The van der Waals surface area contributed by atoms with Gasteiger partial charge in [0.2, 0.25) is 0 Å². The Hall–Kier alpha value is -3.19. The predicted octanol–water partition coefficient (Wildman–Crippen LogP) is 3.16. The Labute approximate surface area is 183 Å². The number of likely N-dealkylation sites (tertiary alicyclic amines) is 1. The topological polar surface area (TPSA) is 83.0 Å². The molecule has 7 heteroatoms. The summed E-state index contributed by atoms with van der Waals surface area (Å²) in [7, 11) is 3.80. The maximum atomic E-state index is 13.0. The zero-order chi connectivity index (χ0) is 22.7. The molecule has 2 heterocycles. The standard InChI is InChI=1S/C24H29N3O4/c1-15(2)31-19-10-9-17(14-16(19)3)22(28)20-21(18-8-6-7-11-25-18)27(13-12-26(4)5)24(30)23(20)29/h6-11,14-15,21,28H,12-13H2,1-5H3/b22-20-. The van der Waals surface area contributed by atoms with E-state index >= 15 is 0 Å². The Balaban J connectivity index is 2.09. The van der Waals surface area contributed by atoms with Gasteiger partial charge in [-0.25, -0.2) is 0 Å². The summed E-state index contributed by atoms with van der Waals surface area (Å²) in [6.45, 7) is 6.68. The summed E-state index contributed by atoms with van der Waals surface area (Å²) >= 11 is 0. The maximum absolute atomic E-state index is 13.0. The van der Waals surface area contributed by atoms with Crippen LogP contribution in [0.25, 0.3) is 5.76 Å². The van der Waals surface area contributed by atoms with Gasteiger partial charge in [0.1, 0.15) is 17.6 Å². The Bertz CT molecular complexity index is 999. The molecule has 1 aliphatic rings. The Morgan fingerprint density at radius 1 is 1.23 bits per heavy atom. The van der Waals surface area contributed by atoms with Crippen molar-refractivity contribution in [2.24, 2.45) is 0 Å². The number of aromatic nitrogens is 1. The van der Waals surface area contributed by atoms with Crippen LogP contribution in [-0.4, -0.2) is 64.9 Å². The molecule has 0 spiro atoms. The first-order chi connectivity index (χ1) is 14.7. The van der Waals surface area contributed by atoms with Crippen molar-refractivity contribution in [1.29, 1.82) is 0 Å². The van der Waals surface area contributed by atoms with Gasteiger partial charge in [-0.2, -0.15) is 0 Å². The van der Waals surface area contributed by atoms with Crippen LogP contribution in [0.5, 0.6) is 5.75 Å². The first-order valence-corrected chi connectivity index (χ1v) is 10.3. The van der Waals surface area contributed by atoms with Gasteiger partial charge in [-0.15, -0.1) is 0 Å². The first kappa shape index (κ1) is 22.5. The minimum Gasteiger partial charge on any atom is -0.507 e. The zero-order valence-corrected chi connectivity index (χ0v) is 18.6. The number of Topliss-reactive ketones (excluding diaryl/α,β-unsaturated/α-hetero) is 1. The van der Waals surface area contributed by atoms with Gasteiger partial charge in [0.15, 0.2) is 0 Å². The second-order valence-corrected chi connectivity index (χ2v) is 8.20. The van der Waals surface area contributed by atoms with Crippen LogP contribution >= 0.6 is 0 Å². The molecule has 1 atom stereocenters. The van der Waals surface area contributed by atoms with Crippen LogP contribution in [0, 0.1) is 6.92 Å². The minimum absolute atomic E-state index is 0.0179. The summed E-state index contributed by atoms with van der Waals surface area (Å²) in [5, 5.41) is 11.1. The summed E-state index contributed by atoms with van der Waals surface area (Å²) in [5.74, 6) is -0.831. The fourth-order valence-corrected chi connectivity index (χ4v) is 3.60. The van der Waals surface area contributed by atoms with Gasteiger partial charge in [0, 0.05) is 24.8 Å². The quantitative estimate of drug-likeness (QED) is 0.418. The molecule has 0 radical (unpaired) electrons. The van der Waals surface area contributed by atoms with Crippen LogP contribution in [0.4, 0.5) is 0 Å². The highest BCUT2D eigenvalue weighted by atomic mass is 16.5. The lowest BCUT2D eigenvalue weighted by Gasteiger charge is -2.25. The highest BCUT2D eigenvalue weighted by Gasteiger charge is 2.46. The van der Waals surface area contributed by atoms with Gasteiger partial charge in [-0.1, -0.05) is 6.07 Å². The number of carbonyl (C=O) groups excluding carboxylic acids is 2. The molecule has 7 nitrogen and oxygen atoms in total. The van der Waals surface area contributed by atoms with Gasteiger partial charge in [-0.3, -0.25) is 14.6 Å². The fraction of sp³-hybridized carbons (Fsp3) is 0.375. The average Bonchev–Trinajstić information content (AvgIpc) is 2.98. The van der Waals surface area contributed by atoms with Crippen molar-refractivity contribution in [2.45, 2.75) is 32.9 Å².